The number of halogens is 1. The van der Waals surface area contributed by atoms with Crippen molar-refractivity contribution < 1.29 is 14.3 Å². The average molecular weight is 436 g/mol. The van der Waals surface area contributed by atoms with Crippen molar-refractivity contribution in [2.24, 2.45) is 5.10 Å². The number of hydrazone groups is 1. The van der Waals surface area contributed by atoms with Crippen molar-refractivity contribution in [2.75, 3.05) is 6.54 Å². The second-order valence-electron chi connectivity index (χ2n) is 6.77. The lowest BCUT2D eigenvalue weighted by atomic mass is 10.1. The molecule has 0 bridgehead atoms. The van der Waals surface area contributed by atoms with Crippen LogP contribution in [0.1, 0.15) is 27.0 Å². The molecule has 0 aliphatic heterocycles. The van der Waals surface area contributed by atoms with E-state index in [4.69, 9.17) is 16.3 Å². The Bertz CT molecular complexity index is 1060. The average Bonchev–Trinajstić information content (AvgIpc) is 2.78. The normalized spacial score (nSPS) is 10.6. The lowest BCUT2D eigenvalue weighted by molar-refractivity contribution is -0.120. The smallest absolute Gasteiger partial charge is 0.259 e. The predicted molar refractivity (Wildman–Crippen MR) is 121 cm³/mol. The first-order chi connectivity index (χ1) is 15.0. The number of benzene rings is 3. The molecule has 0 aromatic heterocycles. The first-order valence-electron chi connectivity index (χ1n) is 9.64. The molecule has 3 aromatic carbocycles. The maximum atomic E-state index is 12.1. The van der Waals surface area contributed by atoms with Gasteiger partial charge in [-0.2, -0.15) is 5.10 Å². The summed E-state index contributed by atoms with van der Waals surface area (Å²) in [7, 11) is 0. The highest BCUT2D eigenvalue weighted by molar-refractivity contribution is 6.30. The Morgan fingerprint density at radius 2 is 1.71 bits per heavy atom. The van der Waals surface area contributed by atoms with Gasteiger partial charge in [-0.15, -0.1) is 0 Å². The van der Waals surface area contributed by atoms with Crippen molar-refractivity contribution >= 4 is 29.6 Å². The van der Waals surface area contributed by atoms with E-state index in [0.717, 1.165) is 22.4 Å². The Hall–Kier alpha value is -3.64. The van der Waals surface area contributed by atoms with Crippen LogP contribution in [0.25, 0.3) is 0 Å². The third-order valence-corrected chi connectivity index (χ3v) is 4.65. The molecule has 2 N–H and O–H groups in total. The molecule has 158 valence electrons. The Morgan fingerprint density at radius 1 is 1.00 bits per heavy atom. The fourth-order valence-electron chi connectivity index (χ4n) is 2.70. The van der Waals surface area contributed by atoms with Gasteiger partial charge in [0, 0.05) is 10.6 Å². The Morgan fingerprint density at radius 3 is 2.42 bits per heavy atom. The topological polar surface area (TPSA) is 79.8 Å². The van der Waals surface area contributed by atoms with Crippen molar-refractivity contribution in [3.8, 4) is 5.75 Å². The molecule has 2 amide bonds. The van der Waals surface area contributed by atoms with Gasteiger partial charge >= 0.3 is 0 Å². The number of ether oxygens (including phenoxy) is 1. The number of nitrogens with one attached hydrogen (secondary N) is 2. The van der Waals surface area contributed by atoms with E-state index in [1.165, 1.54) is 6.21 Å². The molecule has 0 aliphatic carbocycles. The number of aryl methyl sites for hydroxylation is 1. The molecule has 0 unspecified atom stereocenters. The van der Waals surface area contributed by atoms with Crippen LogP contribution in [0.3, 0.4) is 0 Å². The SMILES string of the molecule is Cc1ccccc1C(=O)NCC(=O)NN=Cc1ccc(OCc2ccc(Cl)cc2)cc1. The third-order valence-electron chi connectivity index (χ3n) is 4.40. The van der Waals surface area contributed by atoms with Gasteiger partial charge in [-0.25, -0.2) is 5.43 Å². The highest BCUT2D eigenvalue weighted by Crippen LogP contribution is 2.15. The van der Waals surface area contributed by atoms with Gasteiger partial charge in [0.25, 0.3) is 11.8 Å². The summed E-state index contributed by atoms with van der Waals surface area (Å²) in [5.74, 6) is 0.00238. The zero-order valence-corrected chi connectivity index (χ0v) is 17.7. The minimum Gasteiger partial charge on any atom is -0.489 e. The maximum Gasteiger partial charge on any atom is 0.259 e. The summed E-state index contributed by atoms with van der Waals surface area (Å²) in [4.78, 5) is 24.0. The fraction of sp³-hybridized carbons (Fsp3) is 0.125. The van der Waals surface area contributed by atoms with Crippen molar-refractivity contribution in [3.63, 3.8) is 0 Å². The van der Waals surface area contributed by atoms with E-state index in [1.54, 1.807) is 12.1 Å². The highest BCUT2D eigenvalue weighted by Gasteiger charge is 2.09. The zero-order valence-electron chi connectivity index (χ0n) is 17.0. The molecule has 0 saturated carbocycles. The van der Waals surface area contributed by atoms with Crippen LogP contribution in [-0.4, -0.2) is 24.6 Å². The molecular weight excluding hydrogens is 414 g/mol. The van der Waals surface area contributed by atoms with Crippen LogP contribution < -0.4 is 15.5 Å². The zero-order chi connectivity index (χ0) is 22.1. The Balaban J connectivity index is 1.41. The monoisotopic (exact) mass is 435 g/mol. The second kappa shape index (κ2) is 10.9. The molecule has 7 heteroatoms. The first kappa shape index (κ1) is 22.1. The van der Waals surface area contributed by atoms with E-state index in [2.05, 4.69) is 15.8 Å². The number of hydrogen-bond acceptors (Lipinski definition) is 4. The van der Waals surface area contributed by atoms with Gasteiger partial charge in [-0.3, -0.25) is 9.59 Å². The molecule has 6 nitrogen and oxygen atoms in total. The third kappa shape index (κ3) is 6.97. The standard InChI is InChI=1S/C24H22ClN3O3/c1-17-4-2-3-5-22(17)24(30)26-15-23(29)28-27-14-18-8-12-21(13-9-18)31-16-19-6-10-20(25)11-7-19/h2-14H,15-16H2,1H3,(H,26,30)(H,28,29). The first-order valence-corrected chi connectivity index (χ1v) is 10.0. The molecule has 0 saturated heterocycles. The molecule has 31 heavy (non-hydrogen) atoms. The lowest BCUT2D eigenvalue weighted by Crippen LogP contribution is -2.35. The van der Waals surface area contributed by atoms with Crippen LogP contribution in [0.2, 0.25) is 5.02 Å². The van der Waals surface area contributed by atoms with Crippen LogP contribution in [0.4, 0.5) is 0 Å². The van der Waals surface area contributed by atoms with Gasteiger partial charge < -0.3 is 10.1 Å². The largest absolute Gasteiger partial charge is 0.489 e. The number of carbonyl (C=O) groups excluding carboxylic acids is 2. The number of amides is 2. The van der Waals surface area contributed by atoms with Crippen molar-refractivity contribution in [3.05, 3.63) is 100 Å². The molecule has 3 aromatic rings. The summed E-state index contributed by atoms with van der Waals surface area (Å²) in [6.45, 7) is 2.12. The van der Waals surface area contributed by atoms with Gasteiger partial charge in [-0.1, -0.05) is 41.9 Å². The van der Waals surface area contributed by atoms with Gasteiger partial charge in [0.05, 0.1) is 12.8 Å². The highest BCUT2D eigenvalue weighted by atomic mass is 35.5. The van der Waals surface area contributed by atoms with Crippen molar-refractivity contribution in [2.45, 2.75) is 13.5 Å². The predicted octanol–water partition coefficient (Wildman–Crippen LogP) is 4.11. The van der Waals surface area contributed by atoms with Gasteiger partial charge in [0.2, 0.25) is 0 Å². The van der Waals surface area contributed by atoms with E-state index in [1.807, 2.05) is 67.6 Å². The maximum absolute atomic E-state index is 12.1. The molecule has 0 radical (unpaired) electrons. The Labute approximate surface area is 185 Å². The van der Waals surface area contributed by atoms with Crippen LogP contribution in [0.5, 0.6) is 5.75 Å². The van der Waals surface area contributed by atoms with Crippen molar-refractivity contribution in [1.29, 1.82) is 0 Å². The fourth-order valence-corrected chi connectivity index (χ4v) is 2.83. The van der Waals surface area contributed by atoms with Gasteiger partial charge in [0.15, 0.2) is 0 Å². The Kier molecular flexibility index (Phi) is 7.79. The summed E-state index contributed by atoms with van der Waals surface area (Å²) >= 11 is 5.87. The summed E-state index contributed by atoms with van der Waals surface area (Å²) < 4.78 is 5.73. The van der Waals surface area contributed by atoms with Crippen LogP contribution in [0, 0.1) is 6.92 Å². The summed E-state index contributed by atoms with van der Waals surface area (Å²) in [5.41, 5.74) is 5.59. The molecule has 3 rings (SSSR count). The minimum atomic E-state index is -0.416. The van der Waals surface area contributed by atoms with Crippen LogP contribution >= 0.6 is 11.6 Å². The molecular formula is C24H22ClN3O3. The molecule has 0 fully saturated rings. The van der Waals surface area contributed by atoms with E-state index >= 15 is 0 Å². The molecule has 0 heterocycles. The summed E-state index contributed by atoms with van der Waals surface area (Å²) in [5, 5.41) is 7.18. The van der Waals surface area contributed by atoms with E-state index < -0.39 is 5.91 Å². The van der Waals surface area contributed by atoms with Crippen molar-refractivity contribution in [1.82, 2.24) is 10.7 Å². The summed E-state index contributed by atoms with van der Waals surface area (Å²) in [6, 6.07) is 21.9. The van der Waals surface area contributed by atoms with Crippen LogP contribution in [-0.2, 0) is 11.4 Å². The number of nitrogens with zero attached hydrogens (tertiary/aromatic N) is 1. The lowest BCUT2D eigenvalue weighted by Gasteiger charge is -2.07. The number of hydrogen-bond donors (Lipinski definition) is 2. The van der Waals surface area contributed by atoms with E-state index in [9.17, 15) is 9.59 Å². The van der Waals surface area contributed by atoms with E-state index in [0.29, 0.717) is 17.2 Å². The number of rotatable bonds is 8. The molecule has 0 aliphatic rings. The van der Waals surface area contributed by atoms with Gasteiger partial charge in [0.1, 0.15) is 12.4 Å². The van der Waals surface area contributed by atoms with Gasteiger partial charge in [-0.05, 0) is 66.1 Å². The summed E-state index contributed by atoms with van der Waals surface area (Å²) in [6.07, 6.45) is 1.52. The van der Waals surface area contributed by atoms with Crippen LogP contribution in [0.15, 0.2) is 77.9 Å². The second-order valence-corrected chi connectivity index (χ2v) is 7.21. The quantitative estimate of drug-likeness (QED) is 0.413. The molecule has 0 spiro atoms. The minimum absolute atomic E-state index is 0.165. The molecule has 0 atom stereocenters. The number of carbonyl (C=O) groups is 2. The van der Waals surface area contributed by atoms with E-state index in [-0.39, 0.29) is 12.5 Å².